The number of likely N-dealkylation sites (tertiary alicyclic amines) is 1. The minimum atomic E-state index is 0.0267. The van der Waals surface area contributed by atoms with Crippen molar-refractivity contribution >= 4 is 23.3 Å². The second-order valence-electron chi connectivity index (χ2n) is 6.69. The van der Waals surface area contributed by atoms with E-state index in [4.69, 9.17) is 11.6 Å². The second kappa shape index (κ2) is 7.83. The molecule has 1 aliphatic heterocycles. The van der Waals surface area contributed by atoms with Gasteiger partial charge in [-0.2, -0.15) is 5.10 Å². The molecule has 1 amide bonds. The van der Waals surface area contributed by atoms with Crippen molar-refractivity contribution in [1.29, 1.82) is 0 Å². The van der Waals surface area contributed by atoms with E-state index in [9.17, 15) is 4.79 Å². The maximum Gasteiger partial charge on any atom is 0.255 e. The molecule has 1 aliphatic rings. The monoisotopic (exact) mass is 358 g/mol. The number of hydrogen-bond acceptors (Lipinski definition) is 4. The summed E-state index contributed by atoms with van der Waals surface area (Å²) in [5.74, 6) is 1.06. The molecule has 2 heterocycles. The number of amides is 1. The van der Waals surface area contributed by atoms with E-state index in [-0.39, 0.29) is 5.91 Å². The molecule has 5 nitrogen and oxygen atoms in total. The van der Waals surface area contributed by atoms with Gasteiger partial charge in [0.15, 0.2) is 5.82 Å². The molecule has 6 heteroatoms. The van der Waals surface area contributed by atoms with Gasteiger partial charge in [-0.3, -0.25) is 4.79 Å². The van der Waals surface area contributed by atoms with Crippen LogP contribution < -0.4 is 4.90 Å². The zero-order valence-electron chi connectivity index (χ0n) is 14.7. The number of carbonyl (C=O) groups is 1. The fraction of sp³-hybridized carbons (Fsp3) is 0.421. The molecular formula is C19H23ClN4O. The van der Waals surface area contributed by atoms with Gasteiger partial charge in [-0.15, -0.1) is 5.10 Å². The van der Waals surface area contributed by atoms with Crippen molar-refractivity contribution in [3.05, 3.63) is 52.7 Å². The van der Waals surface area contributed by atoms with Crippen LogP contribution in [0.25, 0.3) is 0 Å². The highest BCUT2D eigenvalue weighted by Crippen LogP contribution is 2.28. The number of aromatic nitrogens is 2. The highest BCUT2D eigenvalue weighted by molar-refractivity contribution is 6.30. The topological polar surface area (TPSA) is 49.3 Å². The van der Waals surface area contributed by atoms with E-state index in [0.29, 0.717) is 17.3 Å². The van der Waals surface area contributed by atoms with Crippen LogP contribution in [0.15, 0.2) is 36.5 Å². The van der Waals surface area contributed by atoms with Gasteiger partial charge < -0.3 is 9.80 Å². The lowest BCUT2D eigenvalue weighted by Gasteiger charge is -2.25. The third-order valence-electron chi connectivity index (χ3n) is 4.65. The van der Waals surface area contributed by atoms with Crippen molar-refractivity contribution in [3.63, 3.8) is 0 Å². The third-order valence-corrected chi connectivity index (χ3v) is 4.90. The van der Waals surface area contributed by atoms with Gasteiger partial charge in [-0.1, -0.05) is 30.2 Å². The first-order chi connectivity index (χ1) is 12.0. The first-order valence-electron chi connectivity index (χ1n) is 8.59. The number of carbonyl (C=O) groups excluding carboxylic acids is 1. The summed E-state index contributed by atoms with van der Waals surface area (Å²) in [6.07, 6.45) is 4.78. The van der Waals surface area contributed by atoms with Crippen LogP contribution in [-0.2, 0) is 0 Å². The number of anilines is 1. The molecule has 2 aromatic rings. The fourth-order valence-corrected chi connectivity index (χ4v) is 3.33. The molecule has 0 radical (unpaired) electrons. The van der Waals surface area contributed by atoms with Crippen LogP contribution in [0.5, 0.6) is 0 Å². The predicted molar refractivity (Wildman–Crippen MR) is 100 cm³/mol. The highest BCUT2D eigenvalue weighted by atomic mass is 35.5. The summed E-state index contributed by atoms with van der Waals surface area (Å²) in [6, 6.07) is 9.78. The number of halogens is 1. The Morgan fingerprint density at radius 3 is 2.72 bits per heavy atom. The molecule has 132 valence electrons. The zero-order valence-corrected chi connectivity index (χ0v) is 15.4. The lowest BCUT2D eigenvalue weighted by molar-refractivity contribution is 0.0754. The average molecular weight is 359 g/mol. The molecule has 0 saturated carbocycles. The van der Waals surface area contributed by atoms with Gasteiger partial charge in [0.1, 0.15) is 0 Å². The van der Waals surface area contributed by atoms with Gasteiger partial charge in [0.2, 0.25) is 0 Å². The molecular weight excluding hydrogens is 336 g/mol. The summed E-state index contributed by atoms with van der Waals surface area (Å²) in [6.45, 7) is 1.50. The number of hydrogen-bond donors (Lipinski definition) is 0. The summed E-state index contributed by atoms with van der Waals surface area (Å²) < 4.78 is 0. The van der Waals surface area contributed by atoms with Crippen LogP contribution in [0.1, 0.15) is 41.1 Å². The minimum Gasteiger partial charge on any atom is -0.361 e. The second-order valence-corrected chi connectivity index (χ2v) is 7.13. The Bertz CT molecular complexity index is 732. The number of rotatable bonds is 3. The molecule has 1 unspecified atom stereocenters. The Morgan fingerprint density at radius 1 is 1.24 bits per heavy atom. The summed E-state index contributed by atoms with van der Waals surface area (Å²) >= 11 is 6.00. The first kappa shape index (κ1) is 17.7. The lowest BCUT2D eigenvalue weighted by atomic mass is 9.94. The Balaban J connectivity index is 1.79. The Morgan fingerprint density at radius 2 is 2.00 bits per heavy atom. The molecule has 0 spiro atoms. The maximum atomic E-state index is 13.0. The molecule has 1 atom stereocenters. The lowest BCUT2D eigenvalue weighted by Crippen LogP contribution is -2.34. The van der Waals surface area contributed by atoms with Crippen LogP contribution >= 0.6 is 11.6 Å². The van der Waals surface area contributed by atoms with E-state index >= 15 is 0 Å². The van der Waals surface area contributed by atoms with Gasteiger partial charge in [0.25, 0.3) is 5.91 Å². The Labute approximate surface area is 153 Å². The van der Waals surface area contributed by atoms with E-state index in [0.717, 1.165) is 37.4 Å². The molecule has 0 bridgehead atoms. The van der Waals surface area contributed by atoms with Crippen LogP contribution in [0, 0.1) is 0 Å². The zero-order chi connectivity index (χ0) is 17.8. The first-order valence-corrected chi connectivity index (χ1v) is 8.97. The van der Waals surface area contributed by atoms with Gasteiger partial charge in [0, 0.05) is 38.1 Å². The normalized spacial score (nSPS) is 17.9. The Hall–Kier alpha value is -2.14. The molecule has 1 fully saturated rings. The van der Waals surface area contributed by atoms with E-state index in [1.807, 2.05) is 36.0 Å². The summed E-state index contributed by atoms with van der Waals surface area (Å²) in [5, 5.41) is 8.77. The summed E-state index contributed by atoms with van der Waals surface area (Å²) in [5.41, 5.74) is 1.83. The standard InChI is InChI=1S/C19H23ClN4O/c1-23(2)18-11-16(12-21-22-18)19(25)24-10-4-3-5-15(13-24)14-6-8-17(20)9-7-14/h6-9,11-12,15H,3-5,10,13H2,1-2H3. The van der Waals surface area contributed by atoms with Crippen LogP contribution in [0.4, 0.5) is 5.82 Å². The predicted octanol–water partition coefficient (Wildman–Crippen LogP) is 3.61. The van der Waals surface area contributed by atoms with Crippen LogP contribution in [-0.4, -0.2) is 48.2 Å². The van der Waals surface area contributed by atoms with Crippen molar-refractivity contribution in [1.82, 2.24) is 15.1 Å². The molecule has 1 aromatic heterocycles. The summed E-state index contributed by atoms with van der Waals surface area (Å²) in [4.78, 5) is 16.8. The van der Waals surface area contributed by atoms with Gasteiger partial charge >= 0.3 is 0 Å². The van der Waals surface area contributed by atoms with E-state index in [1.54, 1.807) is 12.3 Å². The molecule has 0 N–H and O–H groups in total. The van der Waals surface area contributed by atoms with Crippen molar-refractivity contribution in [2.75, 3.05) is 32.1 Å². The van der Waals surface area contributed by atoms with Gasteiger partial charge in [-0.25, -0.2) is 0 Å². The smallest absolute Gasteiger partial charge is 0.255 e. The van der Waals surface area contributed by atoms with Crippen molar-refractivity contribution in [2.45, 2.75) is 25.2 Å². The SMILES string of the molecule is CN(C)c1cc(C(=O)N2CCCCC(c3ccc(Cl)cc3)C2)cnn1. The van der Waals surface area contributed by atoms with Crippen molar-refractivity contribution in [2.24, 2.45) is 0 Å². The fourth-order valence-electron chi connectivity index (χ4n) is 3.21. The largest absolute Gasteiger partial charge is 0.361 e. The Kier molecular flexibility index (Phi) is 5.53. The van der Waals surface area contributed by atoms with E-state index in [1.165, 1.54) is 5.56 Å². The van der Waals surface area contributed by atoms with Crippen LogP contribution in [0.3, 0.4) is 0 Å². The van der Waals surface area contributed by atoms with Crippen LogP contribution in [0.2, 0.25) is 5.02 Å². The minimum absolute atomic E-state index is 0.0267. The molecule has 1 aromatic carbocycles. The van der Waals surface area contributed by atoms with E-state index in [2.05, 4.69) is 22.3 Å². The van der Waals surface area contributed by atoms with Gasteiger partial charge in [-0.05, 0) is 36.6 Å². The number of nitrogens with zero attached hydrogens (tertiary/aromatic N) is 4. The number of benzene rings is 1. The molecule has 1 saturated heterocycles. The quantitative estimate of drug-likeness (QED) is 0.841. The molecule has 0 aliphatic carbocycles. The molecule has 25 heavy (non-hydrogen) atoms. The van der Waals surface area contributed by atoms with E-state index < -0.39 is 0 Å². The highest BCUT2D eigenvalue weighted by Gasteiger charge is 2.24. The van der Waals surface area contributed by atoms with Crippen molar-refractivity contribution < 1.29 is 4.79 Å². The third kappa shape index (κ3) is 4.28. The maximum absolute atomic E-state index is 13.0. The average Bonchev–Trinajstić information content (AvgIpc) is 2.88. The van der Waals surface area contributed by atoms with Crippen molar-refractivity contribution in [3.8, 4) is 0 Å². The van der Waals surface area contributed by atoms with Gasteiger partial charge in [0.05, 0.1) is 11.8 Å². The molecule has 3 rings (SSSR count). The summed E-state index contributed by atoms with van der Waals surface area (Å²) in [7, 11) is 3.78.